The fourth-order valence-electron chi connectivity index (χ4n) is 3.47. The molecule has 1 aliphatic rings. The predicted molar refractivity (Wildman–Crippen MR) is 113 cm³/mol. The highest BCUT2D eigenvalue weighted by Crippen LogP contribution is 2.26. The fraction of sp³-hybridized carbons (Fsp3) is 0.125. The summed E-state index contributed by atoms with van der Waals surface area (Å²) >= 11 is 0. The van der Waals surface area contributed by atoms with Crippen molar-refractivity contribution in [2.45, 2.75) is 6.92 Å². The fourth-order valence-corrected chi connectivity index (χ4v) is 3.47. The van der Waals surface area contributed by atoms with Crippen LogP contribution in [-0.4, -0.2) is 36.4 Å². The Morgan fingerprint density at radius 1 is 0.900 bits per heavy atom. The monoisotopic (exact) mass is 400 g/mol. The van der Waals surface area contributed by atoms with Crippen molar-refractivity contribution in [1.29, 1.82) is 0 Å². The van der Waals surface area contributed by atoms with Gasteiger partial charge in [-0.1, -0.05) is 29.8 Å². The van der Waals surface area contributed by atoms with Gasteiger partial charge in [0.05, 0.1) is 18.2 Å². The lowest BCUT2D eigenvalue weighted by Gasteiger charge is -2.27. The SMILES string of the molecule is COc1ccc(N(CN2C(=O)c3ccccc3C2=O)C(=O)c2cccc(C)c2)cc1. The minimum absolute atomic E-state index is 0.189. The number of benzene rings is 3. The molecular weight excluding hydrogens is 380 g/mol. The smallest absolute Gasteiger partial charge is 0.263 e. The summed E-state index contributed by atoms with van der Waals surface area (Å²) in [5, 5.41) is 0. The number of anilines is 1. The molecule has 1 aliphatic heterocycles. The molecule has 0 radical (unpaired) electrons. The molecule has 3 aromatic rings. The Bertz CT molecular complexity index is 1100. The number of ether oxygens (including phenoxy) is 1. The number of amides is 3. The van der Waals surface area contributed by atoms with Crippen LogP contribution in [-0.2, 0) is 0 Å². The normalized spacial score (nSPS) is 12.7. The number of carbonyl (C=O) groups excluding carboxylic acids is 3. The van der Waals surface area contributed by atoms with E-state index in [1.54, 1.807) is 73.8 Å². The molecule has 0 saturated carbocycles. The molecule has 0 saturated heterocycles. The second kappa shape index (κ2) is 7.83. The minimum atomic E-state index is -0.411. The van der Waals surface area contributed by atoms with Gasteiger partial charge in [0.15, 0.2) is 0 Å². The van der Waals surface area contributed by atoms with Crippen LogP contribution < -0.4 is 9.64 Å². The molecule has 0 bridgehead atoms. The number of hydrogen-bond donors (Lipinski definition) is 0. The van der Waals surface area contributed by atoms with Crippen LogP contribution in [0, 0.1) is 6.92 Å². The summed E-state index contributed by atoms with van der Waals surface area (Å²) in [6.45, 7) is 1.71. The zero-order valence-corrected chi connectivity index (χ0v) is 16.7. The lowest BCUT2D eigenvalue weighted by molar-refractivity contribution is 0.0650. The zero-order chi connectivity index (χ0) is 21.3. The predicted octanol–water partition coefficient (Wildman–Crippen LogP) is 3.90. The Balaban J connectivity index is 1.71. The third kappa shape index (κ3) is 3.43. The number of aryl methyl sites for hydroxylation is 1. The lowest BCUT2D eigenvalue weighted by Crippen LogP contribution is -2.44. The Morgan fingerprint density at radius 3 is 2.10 bits per heavy atom. The van der Waals surface area contributed by atoms with E-state index in [4.69, 9.17) is 4.74 Å². The Hall–Kier alpha value is -3.93. The first-order valence-electron chi connectivity index (χ1n) is 9.47. The van der Waals surface area contributed by atoms with E-state index >= 15 is 0 Å². The molecule has 6 nitrogen and oxygen atoms in total. The summed E-state index contributed by atoms with van der Waals surface area (Å²) in [5.41, 5.74) is 2.66. The number of fused-ring (bicyclic) bond motifs is 1. The number of rotatable bonds is 5. The molecular formula is C24H20N2O4. The van der Waals surface area contributed by atoms with Gasteiger partial charge in [-0.15, -0.1) is 0 Å². The minimum Gasteiger partial charge on any atom is -0.497 e. The number of carbonyl (C=O) groups is 3. The standard InChI is InChI=1S/C24H20N2O4/c1-16-6-5-7-17(14-16)22(27)25(18-10-12-19(30-2)13-11-18)15-26-23(28)20-8-3-4-9-21(20)24(26)29/h3-14H,15H2,1-2H3. The maximum atomic E-state index is 13.4. The van der Waals surface area contributed by atoms with E-state index in [0.29, 0.717) is 28.1 Å². The summed E-state index contributed by atoms with van der Waals surface area (Å²) in [5.74, 6) is -0.486. The van der Waals surface area contributed by atoms with Gasteiger partial charge in [-0.3, -0.25) is 24.2 Å². The van der Waals surface area contributed by atoms with E-state index < -0.39 is 11.8 Å². The van der Waals surface area contributed by atoms with E-state index in [-0.39, 0.29) is 12.6 Å². The molecule has 0 unspecified atom stereocenters. The highest BCUT2D eigenvalue weighted by Gasteiger charge is 2.37. The maximum absolute atomic E-state index is 13.4. The van der Waals surface area contributed by atoms with Crippen molar-refractivity contribution >= 4 is 23.4 Å². The first-order chi connectivity index (χ1) is 14.5. The van der Waals surface area contributed by atoms with Crippen molar-refractivity contribution in [1.82, 2.24) is 4.90 Å². The van der Waals surface area contributed by atoms with E-state index in [1.165, 1.54) is 4.90 Å². The van der Waals surface area contributed by atoms with E-state index in [1.807, 2.05) is 13.0 Å². The number of hydrogen-bond acceptors (Lipinski definition) is 4. The van der Waals surface area contributed by atoms with Gasteiger partial charge in [-0.2, -0.15) is 0 Å². The second-order valence-electron chi connectivity index (χ2n) is 7.03. The van der Waals surface area contributed by atoms with Crippen LogP contribution in [0.2, 0.25) is 0 Å². The van der Waals surface area contributed by atoms with Gasteiger partial charge in [0.25, 0.3) is 17.7 Å². The molecule has 0 spiro atoms. The average Bonchev–Trinajstić information content (AvgIpc) is 3.02. The van der Waals surface area contributed by atoms with E-state index in [2.05, 4.69) is 0 Å². The van der Waals surface area contributed by atoms with Crippen LogP contribution >= 0.6 is 0 Å². The number of nitrogens with zero attached hydrogens (tertiary/aromatic N) is 2. The van der Waals surface area contributed by atoms with Crippen LogP contribution in [0.3, 0.4) is 0 Å². The molecule has 0 fully saturated rings. The van der Waals surface area contributed by atoms with E-state index in [0.717, 1.165) is 10.5 Å². The molecule has 30 heavy (non-hydrogen) atoms. The molecule has 3 amide bonds. The zero-order valence-electron chi connectivity index (χ0n) is 16.7. The van der Waals surface area contributed by atoms with Gasteiger partial charge >= 0.3 is 0 Å². The molecule has 0 aliphatic carbocycles. The van der Waals surface area contributed by atoms with Gasteiger partial charge in [0.2, 0.25) is 0 Å². The summed E-state index contributed by atoms with van der Waals surface area (Å²) in [6, 6.07) is 20.8. The highest BCUT2D eigenvalue weighted by molar-refractivity contribution is 6.22. The highest BCUT2D eigenvalue weighted by atomic mass is 16.5. The molecule has 6 heteroatoms. The van der Waals surface area contributed by atoms with Crippen molar-refractivity contribution in [3.8, 4) is 5.75 Å². The molecule has 3 aromatic carbocycles. The Kier molecular flexibility index (Phi) is 5.06. The quantitative estimate of drug-likeness (QED) is 0.609. The van der Waals surface area contributed by atoms with Crippen molar-refractivity contribution < 1.29 is 19.1 Å². The van der Waals surface area contributed by atoms with E-state index in [9.17, 15) is 14.4 Å². The molecule has 150 valence electrons. The summed E-state index contributed by atoms with van der Waals surface area (Å²) < 4.78 is 5.20. The van der Waals surface area contributed by atoms with Gasteiger partial charge in [0, 0.05) is 11.3 Å². The molecule has 4 rings (SSSR count). The molecule has 0 aromatic heterocycles. The van der Waals surface area contributed by atoms with Crippen LogP contribution in [0.4, 0.5) is 5.69 Å². The number of imide groups is 1. The Morgan fingerprint density at radius 2 is 1.53 bits per heavy atom. The summed E-state index contributed by atoms with van der Waals surface area (Å²) in [4.78, 5) is 41.6. The maximum Gasteiger partial charge on any atom is 0.263 e. The van der Waals surface area contributed by atoms with Crippen molar-refractivity contribution in [3.05, 3.63) is 95.1 Å². The van der Waals surface area contributed by atoms with Crippen LogP contribution in [0.5, 0.6) is 5.75 Å². The van der Waals surface area contributed by atoms with Crippen molar-refractivity contribution in [3.63, 3.8) is 0 Å². The van der Waals surface area contributed by atoms with Gasteiger partial charge in [0.1, 0.15) is 12.4 Å². The van der Waals surface area contributed by atoms with Crippen LogP contribution in [0.25, 0.3) is 0 Å². The Labute approximate surface area is 174 Å². The summed E-state index contributed by atoms with van der Waals surface area (Å²) in [7, 11) is 1.56. The second-order valence-corrected chi connectivity index (χ2v) is 7.03. The molecule has 0 N–H and O–H groups in total. The first kappa shape index (κ1) is 19.4. The van der Waals surface area contributed by atoms with Gasteiger partial charge < -0.3 is 4.74 Å². The van der Waals surface area contributed by atoms with Crippen molar-refractivity contribution in [2.75, 3.05) is 18.7 Å². The van der Waals surface area contributed by atoms with Crippen LogP contribution in [0.15, 0.2) is 72.8 Å². The molecule has 0 atom stereocenters. The average molecular weight is 400 g/mol. The number of methoxy groups -OCH3 is 1. The topological polar surface area (TPSA) is 66.9 Å². The largest absolute Gasteiger partial charge is 0.497 e. The molecule has 1 heterocycles. The van der Waals surface area contributed by atoms with Gasteiger partial charge in [-0.05, 0) is 55.5 Å². The van der Waals surface area contributed by atoms with Gasteiger partial charge in [-0.25, -0.2) is 0 Å². The summed E-state index contributed by atoms with van der Waals surface area (Å²) in [6.07, 6.45) is 0. The van der Waals surface area contributed by atoms with Crippen molar-refractivity contribution in [2.24, 2.45) is 0 Å². The first-order valence-corrected chi connectivity index (χ1v) is 9.47. The lowest BCUT2D eigenvalue weighted by atomic mass is 10.1. The third-order valence-electron chi connectivity index (χ3n) is 5.06. The van der Waals surface area contributed by atoms with Crippen LogP contribution in [0.1, 0.15) is 36.6 Å². The third-order valence-corrected chi connectivity index (χ3v) is 5.06.